The molecule has 8 nitrogen and oxygen atoms in total. The second kappa shape index (κ2) is 9.16. The fourth-order valence-corrected chi connectivity index (χ4v) is 5.61. The highest BCUT2D eigenvalue weighted by atomic mass is 32.2. The summed E-state index contributed by atoms with van der Waals surface area (Å²) in [5, 5.41) is 6.94. The number of nitrogens with zero attached hydrogens (tertiary/aromatic N) is 2. The van der Waals surface area contributed by atoms with Gasteiger partial charge in [-0.1, -0.05) is 6.07 Å². The zero-order valence-corrected chi connectivity index (χ0v) is 16.8. The maximum Gasteiger partial charge on any atom is 0.490 e. The molecule has 0 radical (unpaired) electrons. The summed E-state index contributed by atoms with van der Waals surface area (Å²) in [5.74, 6) is -2.76. The van der Waals surface area contributed by atoms with Gasteiger partial charge >= 0.3 is 12.1 Å². The number of hydrogen-bond acceptors (Lipinski definition) is 6. The smallest absolute Gasteiger partial charge is 0.475 e. The van der Waals surface area contributed by atoms with Crippen molar-refractivity contribution in [2.75, 3.05) is 13.2 Å². The Labute approximate surface area is 172 Å². The Hall–Kier alpha value is -1.76. The molecule has 3 fully saturated rings. The van der Waals surface area contributed by atoms with Gasteiger partial charge in [-0.2, -0.15) is 17.5 Å². The van der Waals surface area contributed by atoms with Crippen LogP contribution in [0.1, 0.15) is 31.4 Å². The summed E-state index contributed by atoms with van der Waals surface area (Å²) in [7, 11) is -3.19. The van der Waals surface area contributed by atoms with Crippen LogP contribution in [0.15, 0.2) is 24.4 Å². The van der Waals surface area contributed by atoms with Crippen molar-refractivity contribution in [3.05, 3.63) is 30.1 Å². The predicted octanol–water partition coefficient (Wildman–Crippen LogP) is 1.96. The van der Waals surface area contributed by atoms with Gasteiger partial charge in [0.2, 0.25) is 10.0 Å². The number of carboxylic acids is 1. The molecule has 1 aromatic rings. The third-order valence-electron chi connectivity index (χ3n) is 5.12. The van der Waals surface area contributed by atoms with E-state index in [1.807, 2.05) is 18.2 Å². The van der Waals surface area contributed by atoms with E-state index in [1.54, 1.807) is 10.5 Å². The Morgan fingerprint density at radius 1 is 1.30 bits per heavy atom. The number of hydrogen-bond donors (Lipinski definition) is 1. The van der Waals surface area contributed by atoms with Crippen LogP contribution in [-0.2, 0) is 30.9 Å². The van der Waals surface area contributed by atoms with E-state index in [0.717, 1.165) is 31.4 Å². The number of rotatable bonds is 5. The van der Waals surface area contributed by atoms with Crippen LogP contribution >= 0.6 is 0 Å². The highest BCUT2D eigenvalue weighted by Crippen LogP contribution is 2.39. The van der Waals surface area contributed by atoms with Gasteiger partial charge in [0.1, 0.15) is 6.10 Å². The molecule has 2 saturated heterocycles. The fourth-order valence-electron chi connectivity index (χ4n) is 3.54. The normalized spacial score (nSPS) is 27.1. The van der Waals surface area contributed by atoms with E-state index in [1.165, 1.54) is 0 Å². The van der Waals surface area contributed by atoms with Gasteiger partial charge in [-0.3, -0.25) is 4.98 Å². The molecule has 12 heteroatoms. The summed E-state index contributed by atoms with van der Waals surface area (Å²) in [6.07, 6.45) is -0.369. The molecule has 0 bridgehead atoms. The van der Waals surface area contributed by atoms with Crippen molar-refractivity contribution in [2.24, 2.45) is 0 Å². The van der Waals surface area contributed by atoms with Gasteiger partial charge in [-0.05, 0) is 37.8 Å². The first-order chi connectivity index (χ1) is 14.1. The Kier molecular flexibility index (Phi) is 7.00. The summed E-state index contributed by atoms with van der Waals surface area (Å²) in [6.45, 7) is 1.47. The molecule has 1 aliphatic carbocycles. The first-order valence-corrected chi connectivity index (χ1v) is 11.0. The fraction of sp³-hybridized carbons (Fsp3) is 0.667. The number of ether oxygens (including phenoxy) is 2. The minimum absolute atomic E-state index is 0.0666. The minimum atomic E-state index is -5.08. The molecule has 0 aromatic carbocycles. The lowest BCUT2D eigenvalue weighted by Crippen LogP contribution is -2.44. The van der Waals surface area contributed by atoms with Gasteiger partial charge in [0.05, 0.1) is 29.7 Å². The monoisotopic (exact) mass is 452 g/mol. The molecule has 0 spiro atoms. The summed E-state index contributed by atoms with van der Waals surface area (Å²) >= 11 is 0. The van der Waals surface area contributed by atoms with Gasteiger partial charge < -0.3 is 14.6 Å². The minimum Gasteiger partial charge on any atom is -0.475 e. The zero-order chi connectivity index (χ0) is 21.9. The largest absolute Gasteiger partial charge is 0.490 e. The maximum absolute atomic E-state index is 12.7. The number of alkyl halides is 3. The number of aromatic nitrogens is 1. The highest BCUT2D eigenvalue weighted by molar-refractivity contribution is 7.90. The Morgan fingerprint density at radius 3 is 2.57 bits per heavy atom. The average molecular weight is 452 g/mol. The molecule has 0 unspecified atom stereocenters. The van der Waals surface area contributed by atoms with Gasteiger partial charge in [0.15, 0.2) is 0 Å². The predicted molar refractivity (Wildman–Crippen MR) is 97.9 cm³/mol. The van der Waals surface area contributed by atoms with E-state index in [9.17, 15) is 21.6 Å². The second-order valence-electron chi connectivity index (χ2n) is 7.33. The SMILES string of the molecule is O=C(O)C(F)(F)F.O=S(=O)(C1CC1)N1C[C@@H](OCc2ccccn2)[C@@H]2OCCC[C@@H]21. The molecule has 0 amide bonds. The topological polar surface area (TPSA) is 106 Å². The third-order valence-corrected chi connectivity index (χ3v) is 7.50. The molecule has 4 rings (SSSR count). The van der Waals surface area contributed by atoms with Crippen molar-refractivity contribution in [3.8, 4) is 0 Å². The lowest BCUT2D eigenvalue weighted by molar-refractivity contribution is -0.192. The average Bonchev–Trinajstić information content (AvgIpc) is 3.49. The van der Waals surface area contributed by atoms with Crippen molar-refractivity contribution in [2.45, 2.75) is 62.0 Å². The van der Waals surface area contributed by atoms with Crippen molar-refractivity contribution >= 4 is 16.0 Å². The van der Waals surface area contributed by atoms with Crippen LogP contribution < -0.4 is 0 Å². The van der Waals surface area contributed by atoms with Crippen LogP contribution in [0.4, 0.5) is 13.2 Å². The van der Waals surface area contributed by atoms with E-state index >= 15 is 0 Å². The molecule has 3 atom stereocenters. The van der Waals surface area contributed by atoms with Crippen molar-refractivity contribution in [1.29, 1.82) is 0 Å². The first kappa shape index (κ1) is 22.9. The molecule has 1 N–H and O–H groups in total. The number of halogens is 3. The van der Waals surface area contributed by atoms with Crippen LogP contribution in [0.2, 0.25) is 0 Å². The molecule has 1 aromatic heterocycles. The standard InChI is InChI=1S/C16H22N2O4S.C2HF3O2/c19-23(20,13-6-7-13)18-10-15(16-14(18)5-3-9-21-16)22-11-12-4-1-2-8-17-12;3-2(4,5)1(6)7/h1-2,4,8,13-16H,3,5-7,9-11H2;(H,6,7)/t14-,15+,16+;/m0./s1. The van der Waals surface area contributed by atoms with E-state index < -0.39 is 22.2 Å². The second-order valence-corrected chi connectivity index (χ2v) is 9.50. The molecule has 3 heterocycles. The molecule has 2 aliphatic heterocycles. The third kappa shape index (κ3) is 5.48. The number of carboxylic acid groups (broad SMARTS) is 1. The molecular weight excluding hydrogens is 429 g/mol. The van der Waals surface area contributed by atoms with E-state index in [-0.39, 0.29) is 23.5 Å². The van der Waals surface area contributed by atoms with Gasteiger partial charge in [-0.25, -0.2) is 13.2 Å². The van der Waals surface area contributed by atoms with Crippen LogP contribution in [0.3, 0.4) is 0 Å². The van der Waals surface area contributed by atoms with E-state index in [0.29, 0.717) is 19.8 Å². The van der Waals surface area contributed by atoms with Crippen LogP contribution in [0.25, 0.3) is 0 Å². The van der Waals surface area contributed by atoms with Gasteiger partial charge in [0, 0.05) is 19.3 Å². The lowest BCUT2D eigenvalue weighted by Gasteiger charge is -2.31. The number of fused-ring (bicyclic) bond motifs is 1. The van der Waals surface area contributed by atoms with Gasteiger partial charge in [0.25, 0.3) is 0 Å². The summed E-state index contributed by atoms with van der Waals surface area (Å²) < 4.78 is 70.6. The molecule has 3 aliphatic rings. The Morgan fingerprint density at radius 2 is 2.00 bits per heavy atom. The Bertz CT molecular complexity index is 832. The number of carbonyl (C=O) groups is 1. The quantitative estimate of drug-likeness (QED) is 0.728. The molecule has 1 saturated carbocycles. The van der Waals surface area contributed by atoms with Gasteiger partial charge in [-0.15, -0.1) is 0 Å². The number of pyridine rings is 1. The van der Waals surface area contributed by atoms with Crippen LogP contribution in [0.5, 0.6) is 0 Å². The highest BCUT2D eigenvalue weighted by Gasteiger charge is 2.53. The van der Waals surface area contributed by atoms with Crippen molar-refractivity contribution in [3.63, 3.8) is 0 Å². The summed E-state index contributed by atoms with van der Waals surface area (Å²) in [6, 6.07) is 5.63. The summed E-state index contributed by atoms with van der Waals surface area (Å²) in [4.78, 5) is 13.1. The number of aliphatic carboxylic acids is 1. The van der Waals surface area contributed by atoms with Crippen molar-refractivity contribution < 1.29 is 41.0 Å². The van der Waals surface area contributed by atoms with E-state index in [4.69, 9.17) is 19.4 Å². The molecule has 168 valence electrons. The first-order valence-electron chi connectivity index (χ1n) is 9.54. The summed E-state index contributed by atoms with van der Waals surface area (Å²) in [5.41, 5.74) is 0.850. The van der Waals surface area contributed by atoms with E-state index in [2.05, 4.69) is 4.98 Å². The molecule has 30 heavy (non-hydrogen) atoms. The van der Waals surface area contributed by atoms with Crippen molar-refractivity contribution in [1.82, 2.24) is 9.29 Å². The Balaban J connectivity index is 0.000000318. The van der Waals surface area contributed by atoms with Crippen LogP contribution in [0, 0.1) is 0 Å². The number of sulfonamides is 1. The van der Waals surface area contributed by atoms with Crippen LogP contribution in [-0.4, -0.2) is 71.6 Å². The lowest BCUT2D eigenvalue weighted by atomic mass is 10.0. The molecular formula is C18H23F3N2O6S. The maximum atomic E-state index is 12.7. The zero-order valence-electron chi connectivity index (χ0n) is 16.0.